The predicted octanol–water partition coefficient (Wildman–Crippen LogP) is 1.68. The van der Waals surface area contributed by atoms with Crippen LogP contribution in [-0.2, 0) is 16.6 Å². The van der Waals surface area contributed by atoms with Crippen molar-refractivity contribution in [3.8, 4) is 0 Å². The molecule has 1 rings (SSSR count). The van der Waals surface area contributed by atoms with E-state index in [2.05, 4.69) is 5.32 Å². The van der Waals surface area contributed by atoms with Gasteiger partial charge in [-0.05, 0) is 24.6 Å². The van der Waals surface area contributed by atoms with E-state index in [1.165, 1.54) is 4.31 Å². The van der Waals surface area contributed by atoms with Gasteiger partial charge in [-0.3, -0.25) is 0 Å². The lowest BCUT2D eigenvalue weighted by molar-refractivity contribution is 0.416. The van der Waals surface area contributed by atoms with Crippen molar-refractivity contribution in [1.82, 2.24) is 9.62 Å². The van der Waals surface area contributed by atoms with Crippen molar-refractivity contribution in [3.05, 3.63) is 29.8 Å². The van der Waals surface area contributed by atoms with Crippen LogP contribution in [0.4, 0.5) is 0 Å². The van der Waals surface area contributed by atoms with Gasteiger partial charge in [-0.15, -0.1) is 0 Å². The second kappa shape index (κ2) is 6.31. The third kappa shape index (κ3) is 3.54. The fourth-order valence-electron chi connectivity index (χ4n) is 1.87. The molecule has 5 heteroatoms. The summed E-state index contributed by atoms with van der Waals surface area (Å²) in [7, 11) is 0.0437. The van der Waals surface area contributed by atoms with E-state index in [9.17, 15) is 8.42 Å². The topological polar surface area (TPSA) is 49.4 Å². The largest absolute Gasteiger partial charge is 0.316 e. The zero-order valence-corrected chi connectivity index (χ0v) is 12.3. The summed E-state index contributed by atoms with van der Waals surface area (Å²) in [5.41, 5.74) is 0.801. The monoisotopic (exact) mass is 270 g/mol. The highest BCUT2D eigenvalue weighted by Gasteiger charge is 2.23. The number of sulfonamides is 1. The molecule has 0 spiro atoms. The van der Waals surface area contributed by atoms with Crippen LogP contribution in [0.5, 0.6) is 0 Å². The molecule has 1 aromatic rings. The number of hydrogen-bond donors (Lipinski definition) is 1. The quantitative estimate of drug-likeness (QED) is 0.855. The number of rotatable bonds is 6. The van der Waals surface area contributed by atoms with Crippen molar-refractivity contribution in [3.63, 3.8) is 0 Å². The number of benzene rings is 1. The standard InChI is InChI=1S/C13H22N2O2S/c1-11(2)10-15(4)18(16,17)13-8-6-5-7-12(13)9-14-3/h5-8,11,14H,9-10H2,1-4H3. The van der Waals surface area contributed by atoms with Gasteiger partial charge in [-0.25, -0.2) is 12.7 Å². The van der Waals surface area contributed by atoms with Gasteiger partial charge in [0.05, 0.1) is 4.90 Å². The maximum atomic E-state index is 12.5. The average Bonchev–Trinajstić information content (AvgIpc) is 2.29. The van der Waals surface area contributed by atoms with Crippen LogP contribution in [0.1, 0.15) is 19.4 Å². The van der Waals surface area contributed by atoms with Crippen molar-refractivity contribution in [2.24, 2.45) is 5.92 Å². The molecule has 0 saturated heterocycles. The second-order valence-corrected chi connectivity index (χ2v) is 6.83. The Labute approximate surface area is 110 Å². The molecule has 0 heterocycles. The molecule has 0 amide bonds. The summed E-state index contributed by atoms with van der Waals surface area (Å²) in [5.74, 6) is 0.307. The molecule has 0 aromatic heterocycles. The van der Waals surface area contributed by atoms with Crippen LogP contribution in [0, 0.1) is 5.92 Å². The Kier molecular flexibility index (Phi) is 5.31. The second-order valence-electron chi connectivity index (χ2n) is 4.82. The lowest BCUT2D eigenvalue weighted by Gasteiger charge is -2.20. The van der Waals surface area contributed by atoms with Gasteiger partial charge in [-0.2, -0.15) is 0 Å². The van der Waals surface area contributed by atoms with Gasteiger partial charge >= 0.3 is 0 Å². The van der Waals surface area contributed by atoms with E-state index >= 15 is 0 Å². The van der Waals surface area contributed by atoms with E-state index in [0.717, 1.165) is 5.56 Å². The molecule has 0 atom stereocenters. The van der Waals surface area contributed by atoms with Gasteiger partial charge < -0.3 is 5.32 Å². The molecular weight excluding hydrogens is 248 g/mol. The smallest absolute Gasteiger partial charge is 0.243 e. The minimum atomic E-state index is -3.39. The highest BCUT2D eigenvalue weighted by Crippen LogP contribution is 2.19. The molecule has 0 aliphatic carbocycles. The molecule has 102 valence electrons. The molecule has 18 heavy (non-hydrogen) atoms. The first-order chi connectivity index (χ1) is 8.39. The van der Waals surface area contributed by atoms with Gasteiger partial charge in [-0.1, -0.05) is 32.0 Å². The van der Waals surface area contributed by atoms with Gasteiger partial charge in [0.1, 0.15) is 0 Å². The fourth-order valence-corrected chi connectivity index (χ4v) is 3.42. The third-order valence-corrected chi connectivity index (χ3v) is 4.57. The molecule has 4 nitrogen and oxygen atoms in total. The summed E-state index contributed by atoms with van der Waals surface area (Å²) in [4.78, 5) is 0.391. The number of hydrogen-bond acceptors (Lipinski definition) is 3. The maximum absolute atomic E-state index is 12.5. The Morgan fingerprint density at radius 3 is 2.44 bits per heavy atom. The molecule has 0 radical (unpaired) electrons. The first-order valence-corrected chi connectivity index (χ1v) is 7.52. The Morgan fingerprint density at radius 1 is 1.28 bits per heavy atom. The summed E-state index contributed by atoms with van der Waals surface area (Å²) >= 11 is 0. The van der Waals surface area contributed by atoms with Crippen molar-refractivity contribution in [1.29, 1.82) is 0 Å². The molecule has 0 aliphatic heterocycles. The lowest BCUT2D eigenvalue weighted by atomic mass is 10.2. The Balaban J connectivity index is 3.11. The average molecular weight is 270 g/mol. The van der Waals surface area contributed by atoms with Gasteiger partial charge in [0.25, 0.3) is 0 Å². The van der Waals surface area contributed by atoms with E-state index in [-0.39, 0.29) is 0 Å². The summed E-state index contributed by atoms with van der Waals surface area (Å²) in [6, 6.07) is 7.12. The van der Waals surface area contributed by atoms with Crippen molar-refractivity contribution in [2.75, 3.05) is 20.6 Å². The number of nitrogens with one attached hydrogen (secondary N) is 1. The van der Waals surface area contributed by atoms with Gasteiger partial charge in [0.2, 0.25) is 10.0 Å². The molecule has 0 unspecified atom stereocenters. The van der Waals surface area contributed by atoms with Crippen LogP contribution >= 0.6 is 0 Å². The van der Waals surface area contributed by atoms with Gasteiger partial charge in [0, 0.05) is 20.1 Å². The van der Waals surface area contributed by atoms with Crippen LogP contribution in [0.25, 0.3) is 0 Å². The Bertz CT molecular complexity index is 484. The summed E-state index contributed by atoms with van der Waals surface area (Å²) in [6.07, 6.45) is 0. The zero-order valence-electron chi connectivity index (χ0n) is 11.5. The summed E-state index contributed by atoms with van der Waals surface area (Å²) < 4.78 is 26.3. The Morgan fingerprint density at radius 2 is 1.89 bits per heavy atom. The normalized spacial score (nSPS) is 12.3. The zero-order chi connectivity index (χ0) is 13.8. The van der Waals surface area contributed by atoms with Crippen LogP contribution in [0.2, 0.25) is 0 Å². The highest BCUT2D eigenvalue weighted by atomic mass is 32.2. The molecule has 0 fully saturated rings. The van der Waals surface area contributed by atoms with E-state index in [1.807, 2.05) is 26.0 Å². The van der Waals surface area contributed by atoms with Crippen molar-refractivity contribution in [2.45, 2.75) is 25.3 Å². The maximum Gasteiger partial charge on any atom is 0.243 e. The van der Waals surface area contributed by atoms with Crippen molar-refractivity contribution < 1.29 is 8.42 Å². The van der Waals surface area contributed by atoms with E-state index in [0.29, 0.717) is 23.9 Å². The van der Waals surface area contributed by atoms with Crippen molar-refractivity contribution >= 4 is 10.0 Å². The lowest BCUT2D eigenvalue weighted by Crippen LogP contribution is -2.31. The summed E-state index contributed by atoms with van der Waals surface area (Å²) in [5, 5.41) is 2.99. The molecule has 1 aromatic carbocycles. The van der Waals surface area contributed by atoms with Gasteiger partial charge in [0.15, 0.2) is 0 Å². The SMILES string of the molecule is CNCc1ccccc1S(=O)(=O)N(C)CC(C)C. The first kappa shape index (κ1) is 15.1. The fraction of sp³-hybridized carbons (Fsp3) is 0.538. The van der Waals surface area contributed by atoms with E-state index in [1.54, 1.807) is 26.2 Å². The predicted molar refractivity (Wildman–Crippen MR) is 73.9 cm³/mol. The first-order valence-electron chi connectivity index (χ1n) is 6.08. The molecule has 0 bridgehead atoms. The summed E-state index contributed by atoms with van der Waals surface area (Å²) in [6.45, 7) is 5.08. The molecule has 1 N–H and O–H groups in total. The van der Waals surface area contributed by atoms with Crippen LogP contribution < -0.4 is 5.32 Å². The Hall–Kier alpha value is -0.910. The van der Waals surface area contributed by atoms with E-state index < -0.39 is 10.0 Å². The van der Waals surface area contributed by atoms with Crippen LogP contribution in [0.15, 0.2) is 29.2 Å². The minimum Gasteiger partial charge on any atom is -0.316 e. The van der Waals surface area contributed by atoms with E-state index in [4.69, 9.17) is 0 Å². The number of nitrogens with zero attached hydrogens (tertiary/aromatic N) is 1. The van der Waals surface area contributed by atoms with Crippen LogP contribution in [-0.4, -0.2) is 33.4 Å². The molecule has 0 saturated carbocycles. The minimum absolute atomic E-state index is 0.307. The highest BCUT2D eigenvalue weighted by molar-refractivity contribution is 7.89. The third-order valence-electron chi connectivity index (χ3n) is 2.65. The molecule has 0 aliphatic rings. The molecular formula is C13H22N2O2S. The van der Waals surface area contributed by atoms with Crippen LogP contribution in [0.3, 0.4) is 0 Å².